The highest BCUT2D eigenvalue weighted by Gasteiger charge is 2.19. The van der Waals surface area contributed by atoms with E-state index in [0.717, 1.165) is 24.3 Å². The molecule has 3 aromatic rings. The molecule has 9 heteroatoms. The molecule has 0 aliphatic rings. The van der Waals surface area contributed by atoms with Gasteiger partial charge in [-0.15, -0.1) is 0 Å². The van der Waals surface area contributed by atoms with E-state index in [0.29, 0.717) is 17.2 Å². The number of carbonyl (C=O) groups excluding carboxylic acids is 1. The molecule has 3 aromatic carbocycles. The molecule has 0 saturated carbocycles. The minimum Gasteiger partial charge on any atom is -0.497 e. The van der Waals surface area contributed by atoms with E-state index in [-0.39, 0.29) is 16.1 Å². The third kappa shape index (κ3) is 4.87. The maximum Gasteiger partial charge on any atom is 0.261 e. The van der Waals surface area contributed by atoms with Gasteiger partial charge in [-0.2, -0.15) is 0 Å². The molecule has 0 heterocycles. The predicted molar refractivity (Wildman–Crippen MR) is 111 cm³/mol. The molecule has 3 rings (SSSR count). The van der Waals surface area contributed by atoms with Gasteiger partial charge in [0.1, 0.15) is 17.3 Å². The number of sulfonamides is 1. The zero-order valence-electron chi connectivity index (χ0n) is 16.2. The van der Waals surface area contributed by atoms with Crippen molar-refractivity contribution in [2.75, 3.05) is 24.3 Å². The van der Waals surface area contributed by atoms with Crippen LogP contribution in [0.5, 0.6) is 11.5 Å². The number of benzene rings is 3. The average Bonchev–Trinajstić information content (AvgIpc) is 2.73. The Kier molecular flexibility index (Phi) is 6.22. The molecule has 2 N–H and O–H groups in total. The van der Waals surface area contributed by atoms with Crippen molar-refractivity contribution in [1.82, 2.24) is 0 Å². The van der Waals surface area contributed by atoms with Crippen LogP contribution in [0, 0.1) is 5.82 Å². The van der Waals surface area contributed by atoms with E-state index < -0.39 is 21.7 Å². The lowest BCUT2D eigenvalue weighted by Crippen LogP contribution is -2.18. The summed E-state index contributed by atoms with van der Waals surface area (Å²) in [7, 11) is -1.04. The lowest BCUT2D eigenvalue weighted by Gasteiger charge is -2.14. The summed E-state index contributed by atoms with van der Waals surface area (Å²) in [5.41, 5.74) is 0.589. The molecule has 0 unspecified atom stereocenters. The van der Waals surface area contributed by atoms with Crippen LogP contribution in [0.4, 0.5) is 15.8 Å². The summed E-state index contributed by atoms with van der Waals surface area (Å²) in [5.74, 6) is -0.130. The number of nitrogens with one attached hydrogen (secondary N) is 2. The second-order valence-electron chi connectivity index (χ2n) is 6.16. The molecule has 0 aromatic heterocycles. The Bertz CT molecular complexity index is 1140. The Morgan fingerprint density at radius 1 is 0.900 bits per heavy atom. The molecule has 1 amide bonds. The molecule has 0 fully saturated rings. The Hall–Kier alpha value is -3.59. The molecule has 0 radical (unpaired) electrons. The molecule has 30 heavy (non-hydrogen) atoms. The molecule has 0 aliphatic carbocycles. The van der Waals surface area contributed by atoms with Crippen LogP contribution in [0.2, 0.25) is 0 Å². The van der Waals surface area contributed by atoms with Crippen LogP contribution in [0.3, 0.4) is 0 Å². The number of rotatable bonds is 7. The van der Waals surface area contributed by atoms with E-state index in [4.69, 9.17) is 9.47 Å². The van der Waals surface area contributed by atoms with E-state index in [1.807, 2.05) is 0 Å². The Morgan fingerprint density at radius 3 is 2.10 bits per heavy atom. The normalized spacial score (nSPS) is 10.9. The summed E-state index contributed by atoms with van der Waals surface area (Å²) >= 11 is 0. The van der Waals surface area contributed by atoms with Gasteiger partial charge in [-0.3, -0.25) is 9.52 Å². The largest absolute Gasteiger partial charge is 0.497 e. The third-order valence-corrected chi connectivity index (χ3v) is 5.53. The fraction of sp³-hybridized carbons (Fsp3) is 0.0952. The van der Waals surface area contributed by atoms with E-state index in [2.05, 4.69) is 10.0 Å². The van der Waals surface area contributed by atoms with Crippen LogP contribution in [-0.4, -0.2) is 28.5 Å². The van der Waals surface area contributed by atoms with E-state index >= 15 is 0 Å². The molecule has 0 bridgehead atoms. The summed E-state index contributed by atoms with van der Waals surface area (Å²) in [6, 6.07) is 15.4. The fourth-order valence-corrected chi connectivity index (χ4v) is 3.75. The predicted octanol–water partition coefficient (Wildman–Crippen LogP) is 3.90. The molecular weight excluding hydrogens is 411 g/mol. The Balaban J connectivity index is 1.88. The van der Waals surface area contributed by atoms with Gasteiger partial charge in [0.05, 0.1) is 30.4 Å². The van der Waals surface area contributed by atoms with Gasteiger partial charge >= 0.3 is 0 Å². The molecule has 7 nitrogen and oxygen atoms in total. The molecule has 156 valence electrons. The van der Waals surface area contributed by atoms with Crippen molar-refractivity contribution in [3.8, 4) is 11.5 Å². The zero-order chi connectivity index (χ0) is 21.7. The molecule has 0 saturated heterocycles. The number of anilines is 2. The Morgan fingerprint density at radius 2 is 1.50 bits per heavy atom. The average molecular weight is 430 g/mol. The molecule has 0 atom stereocenters. The van der Waals surface area contributed by atoms with Crippen LogP contribution in [-0.2, 0) is 10.0 Å². The van der Waals surface area contributed by atoms with Gasteiger partial charge in [-0.05, 0) is 36.4 Å². The van der Waals surface area contributed by atoms with Crippen LogP contribution in [0.1, 0.15) is 10.4 Å². The number of amides is 1. The Labute approximate surface area is 173 Å². The lowest BCUT2D eigenvalue weighted by atomic mass is 10.1. The smallest absolute Gasteiger partial charge is 0.261 e. The first kappa shape index (κ1) is 21.1. The van der Waals surface area contributed by atoms with Gasteiger partial charge in [0.2, 0.25) is 0 Å². The molecule has 0 aliphatic heterocycles. The summed E-state index contributed by atoms with van der Waals surface area (Å²) in [6.45, 7) is 0. The van der Waals surface area contributed by atoms with Crippen molar-refractivity contribution < 1.29 is 27.1 Å². The highest BCUT2D eigenvalue weighted by atomic mass is 32.2. The number of methoxy groups -OCH3 is 2. The number of para-hydroxylation sites is 1. The zero-order valence-corrected chi connectivity index (χ0v) is 17.0. The monoisotopic (exact) mass is 430 g/mol. The fourth-order valence-electron chi connectivity index (χ4n) is 2.67. The highest BCUT2D eigenvalue weighted by molar-refractivity contribution is 7.92. The number of ether oxygens (including phenoxy) is 2. The van der Waals surface area contributed by atoms with E-state index in [1.54, 1.807) is 30.3 Å². The summed E-state index contributed by atoms with van der Waals surface area (Å²) in [5, 5.41) is 2.70. The van der Waals surface area contributed by atoms with Crippen LogP contribution >= 0.6 is 0 Å². The molecular formula is C21H19FN2O5S. The first-order chi connectivity index (χ1) is 14.3. The third-order valence-electron chi connectivity index (χ3n) is 4.15. The van der Waals surface area contributed by atoms with E-state index in [9.17, 15) is 17.6 Å². The summed E-state index contributed by atoms with van der Waals surface area (Å²) < 4.78 is 51.1. The van der Waals surface area contributed by atoms with Crippen LogP contribution in [0.25, 0.3) is 0 Å². The second-order valence-corrected chi connectivity index (χ2v) is 7.84. The van der Waals surface area contributed by atoms with Crippen LogP contribution < -0.4 is 19.5 Å². The van der Waals surface area contributed by atoms with Gasteiger partial charge in [0.15, 0.2) is 0 Å². The SMILES string of the molecule is COc1cc(NC(=O)c2ccccc2NS(=O)(=O)c2ccc(F)cc2)cc(OC)c1. The number of halogens is 1. The lowest BCUT2D eigenvalue weighted by molar-refractivity contribution is 0.102. The van der Waals surface area contributed by atoms with Crippen molar-refractivity contribution in [2.45, 2.75) is 4.90 Å². The van der Waals surface area contributed by atoms with Crippen LogP contribution in [0.15, 0.2) is 71.6 Å². The van der Waals surface area contributed by atoms with Gasteiger partial charge in [0, 0.05) is 23.9 Å². The van der Waals surface area contributed by atoms with E-state index in [1.165, 1.54) is 26.4 Å². The summed E-state index contributed by atoms with van der Waals surface area (Å²) in [4.78, 5) is 12.7. The number of hydrogen-bond acceptors (Lipinski definition) is 5. The summed E-state index contributed by atoms with van der Waals surface area (Å²) in [6.07, 6.45) is 0. The first-order valence-corrected chi connectivity index (χ1v) is 10.2. The standard InChI is InChI=1S/C21H19FN2O5S/c1-28-16-11-15(12-17(13-16)29-2)23-21(25)19-5-3-4-6-20(19)24-30(26,27)18-9-7-14(22)8-10-18/h3-13,24H,1-2H3,(H,23,25). The number of carbonyl (C=O) groups is 1. The van der Waals surface area contributed by atoms with Gasteiger partial charge in [-0.1, -0.05) is 12.1 Å². The topological polar surface area (TPSA) is 93.7 Å². The maximum absolute atomic E-state index is 13.1. The van der Waals surface area contributed by atoms with Crippen molar-refractivity contribution in [3.63, 3.8) is 0 Å². The highest BCUT2D eigenvalue weighted by Crippen LogP contribution is 2.27. The minimum atomic E-state index is -4.02. The van der Waals surface area contributed by atoms with Crippen molar-refractivity contribution in [3.05, 3.63) is 78.1 Å². The minimum absolute atomic E-state index is 0.0780. The second kappa shape index (κ2) is 8.83. The quantitative estimate of drug-likeness (QED) is 0.593. The van der Waals surface area contributed by atoms with Gasteiger partial charge in [-0.25, -0.2) is 12.8 Å². The number of hydrogen-bond donors (Lipinski definition) is 2. The van der Waals surface area contributed by atoms with Crippen molar-refractivity contribution >= 4 is 27.3 Å². The molecule has 0 spiro atoms. The van der Waals surface area contributed by atoms with Crippen molar-refractivity contribution in [2.24, 2.45) is 0 Å². The first-order valence-electron chi connectivity index (χ1n) is 8.74. The van der Waals surface area contributed by atoms with Crippen molar-refractivity contribution in [1.29, 1.82) is 0 Å². The van der Waals surface area contributed by atoms with Gasteiger partial charge < -0.3 is 14.8 Å². The van der Waals surface area contributed by atoms with Gasteiger partial charge in [0.25, 0.3) is 15.9 Å². The maximum atomic E-state index is 13.1.